The van der Waals surface area contributed by atoms with Gasteiger partial charge in [0.2, 0.25) is 5.91 Å². The highest BCUT2D eigenvalue weighted by atomic mass is 32.2. The summed E-state index contributed by atoms with van der Waals surface area (Å²) in [6.07, 6.45) is 2.31. The Morgan fingerprint density at radius 1 is 1.06 bits per heavy atom. The van der Waals surface area contributed by atoms with Crippen LogP contribution in [-0.4, -0.2) is 21.1 Å². The van der Waals surface area contributed by atoms with Crippen LogP contribution in [0.2, 0.25) is 0 Å². The smallest absolute Gasteiger partial charge is 0.237 e. The Balaban J connectivity index is 1.67. The number of amides is 1. The molecule has 2 aromatic carbocycles. The number of benzene rings is 2. The Morgan fingerprint density at radius 2 is 1.78 bits per heavy atom. The predicted octanol–water partition coefficient (Wildman–Crippen LogP) is 7.30. The first-order valence-corrected chi connectivity index (χ1v) is 12.5. The van der Waals surface area contributed by atoms with Crippen molar-refractivity contribution in [2.24, 2.45) is 0 Å². The number of thioether (sulfide) groups is 1. The molecule has 0 saturated heterocycles. The molecule has 0 radical (unpaired) electrons. The topological polar surface area (TPSA) is 54.9 Å². The molecule has 2 heterocycles. The number of thiophene rings is 1. The van der Waals surface area contributed by atoms with E-state index in [-0.39, 0.29) is 11.2 Å². The van der Waals surface area contributed by atoms with Gasteiger partial charge in [0.1, 0.15) is 16.2 Å². The molecule has 2 aromatic heterocycles. The number of carbonyl (C=O) groups excluding carboxylic acids is 1. The van der Waals surface area contributed by atoms with Gasteiger partial charge in [0, 0.05) is 16.1 Å². The number of carbonyl (C=O) groups is 1. The summed E-state index contributed by atoms with van der Waals surface area (Å²) >= 11 is 3.20. The van der Waals surface area contributed by atoms with Crippen molar-refractivity contribution >= 4 is 44.9 Å². The van der Waals surface area contributed by atoms with E-state index in [0.717, 1.165) is 37.6 Å². The highest BCUT2D eigenvalue weighted by Gasteiger charge is 2.24. The van der Waals surface area contributed by atoms with E-state index in [1.807, 2.05) is 43.3 Å². The van der Waals surface area contributed by atoms with Crippen LogP contribution < -0.4 is 5.32 Å². The maximum atomic E-state index is 13.2. The molecule has 1 unspecified atom stereocenters. The molecule has 0 saturated carbocycles. The van der Waals surface area contributed by atoms with Crippen LogP contribution in [0.15, 0.2) is 66.0 Å². The molecule has 0 aliphatic rings. The second-order valence-corrected chi connectivity index (χ2v) is 10.4. The van der Waals surface area contributed by atoms with Crippen LogP contribution in [0.25, 0.3) is 21.3 Å². The van der Waals surface area contributed by atoms with E-state index in [2.05, 4.69) is 54.3 Å². The fraction of sp³-hybridized carbons (Fsp3) is 0.269. The number of anilines is 1. The molecule has 4 rings (SSSR count). The van der Waals surface area contributed by atoms with Gasteiger partial charge in [-0.05, 0) is 36.5 Å². The molecule has 1 amide bonds. The lowest BCUT2D eigenvalue weighted by Crippen LogP contribution is -2.25. The van der Waals surface area contributed by atoms with Crippen LogP contribution in [-0.2, 0) is 4.79 Å². The standard InChI is InChI=1S/C26H27N3OS2/c1-5-21(24(30)29-20-14-10-9-13-19(20)16(2)3)32-26-23-22(18-11-7-6-8-12-18)17(4)31-25(23)27-15-28-26/h6-16,21H,5H2,1-4H3,(H,29,30). The average Bonchev–Trinajstić information content (AvgIpc) is 3.14. The molecule has 0 fully saturated rings. The summed E-state index contributed by atoms with van der Waals surface area (Å²) in [6, 6.07) is 18.4. The Morgan fingerprint density at radius 3 is 2.50 bits per heavy atom. The number of nitrogens with one attached hydrogen (secondary N) is 1. The van der Waals surface area contributed by atoms with Gasteiger partial charge in [-0.25, -0.2) is 9.97 Å². The summed E-state index contributed by atoms with van der Waals surface area (Å²) in [5, 5.41) is 4.81. The van der Waals surface area contributed by atoms with Gasteiger partial charge >= 0.3 is 0 Å². The number of aryl methyl sites for hydroxylation is 1. The van der Waals surface area contributed by atoms with Gasteiger partial charge in [0.15, 0.2) is 0 Å². The van der Waals surface area contributed by atoms with Crippen LogP contribution in [0.4, 0.5) is 5.69 Å². The number of hydrogen-bond donors (Lipinski definition) is 1. The van der Waals surface area contributed by atoms with E-state index in [4.69, 9.17) is 0 Å². The zero-order chi connectivity index (χ0) is 22.7. The van der Waals surface area contributed by atoms with E-state index < -0.39 is 0 Å². The fourth-order valence-electron chi connectivity index (χ4n) is 3.84. The summed E-state index contributed by atoms with van der Waals surface area (Å²) in [7, 11) is 0. The monoisotopic (exact) mass is 461 g/mol. The molecule has 0 aliphatic heterocycles. The largest absolute Gasteiger partial charge is 0.325 e. The minimum atomic E-state index is -0.253. The minimum Gasteiger partial charge on any atom is -0.325 e. The first-order valence-electron chi connectivity index (χ1n) is 10.9. The molecule has 0 aliphatic carbocycles. The van der Waals surface area contributed by atoms with Gasteiger partial charge < -0.3 is 5.32 Å². The lowest BCUT2D eigenvalue weighted by atomic mass is 10.0. The van der Waals surface area contributed by atoms with Crippen molar-refractivity contribution in [1.29, 1.82) is 0 Å². The Hall–Kier alpha value is -2.70. The first kappa shape index (κ1) is 22.5. The second-order valence-electron chi connectivity index (χ2n) is 8.00. The Bertz CT molecular complexity index is 1230. The number of nitrogens with zero attached hydrogens (tertiary/aromatic N) is 2. The maximum absolute atomic E-state index is 13.2. The number of hydrogen-bond acceptors (Lipinski definition) is 5. The Kier molecular flexibility index (Phi) is 6.92. The molecule has 4 nitrogen and oxygen atoms in total. The molecule has 164 valence electrons. The van der Waals surface area contributed by atoms with Gasteiger partial charge in [-0.2, -0.15) is 0 Å². The van der Waals surface area contributed by atoms with Crippen LogP contribution in [0.3, 0.4) is 0 Å². The molecular formula is C26H27N3OS2. The van der Waals surface area contributed by atoms with Crippen molar-refractivity contribution < 1.29 is 4.79 Å². The van der Waals surface area contributed by atoms with E-state index in [1.165, 1.54) is 16.6 Å². The van der Waals surface area contributed by atoms with Crippen molar-refractivity contribution in [3.63, 3.8) is 0 Å². The quantitative estimate of drug-likeness (QED) is 0.232. The third kappa shape index (κ3) is 4.57. The molecule has 4 aromatic rings. The zero-order valence-corrected chi connectivity index (χ0v) is 20.4. The summed E-state index contributed by atoms with van der Waals surface area (Å²) < 4.78 is 0. The molecule has 0 bridgehead atoms. The van der Waals surface area contributed by atoms with Crippen molar-refractivity contribution in [3.8, 4) is 11.1 Å². The van der Waals surface area contributed by atoms with Crippen LogP contribution in [0.1, 0.15) is 43.6 Å². The van der Waals surface area contributed by atoms with E-state index in [1.54, 1.807) is 17.7 Å². The lowest BCUT2D eigenvalue weighted by Gasteiger charge is -2.18. The van der Waals surface area contributed by atoms with E-state index in [0.29, 0.717) is 12.3 Å². The van der Waals surface area contributed by atoms with Crippen molar-refractivity contribution in [1.82, 2.24) is 9.97 Å². The predicted molar refractivity (Wildman–Crippen MR) is 137 cm³/mol. The summed E-state index contributed by atoms with van der Waals surface area (Å²) in [5.41, 5.74) is 4.34. The second kappa shape index (κ2) is 9.84. The summed E-state index contributed by atoms with van der Waals surface area (Å²) in [4.78, 5) is 24.5. The number of para-hydroxylation sites is 1. The van der Waals surface area contributed by atoms with Crippen LogP contribution in [0.5, 0.6) is 0 Å². The van der Waals surface area contributed by atoms with E-state index >= 15 is 0 Å². The maximum Gasteiger partial charge on any atom is 0.237 e. The van der Waals surface area contributed by atoms with Crippen molar-refractivity contribution in [2.75, 3.05) is 5.32 Å². The number of fused-ring (bicyclic) bond motifs is 1. The van der Waals surface area contributed by atoms with Gasteiger partial charge in [-0.3, -0.25) is 4.79 Å². The van der Waals surface area contributed by atoms with Crippen molar-refractivity contribution in [3.05, 3.63) is 71.4 Å². The normalized spacial score (nSPS) is 12.3. The fourth-order valence-corrected chi connectivity index (χ4v) is 5.95. The minimum absolute atomic E-state index is 0.00516. The third-order valence-corrected chi connectivity index (χ3v) is 7.83. The molecule has 0 spiro atoms. The van der Waals surface area contributed by atoms with Gasteiger partial charge in [0.05, 0.1) is 10.6 Å². The average molecular weight is 462 g/mol. The van der Waals surface area contributed by atoms with Gasteiger partial charge in [-0.1, -0.05) is 81.1 Å². The van der Waals surface area contributed by atoms with Gasteiger partial charge in [-0.15, -0.1) is 11.3 Å². The van der Waals surface area contributed by atoms with Gasteiger partial charge in [0.25, 0.3) is 0 Å². The number of aromatic nitrogens is 2. The van der Waals surface area contributed by atoms with Crippen molar-refractivity contribution in [2.45, 2.75) is 50.3 Å². The highest BCUT2D eigenvalue weighted by molar-refractivity contribution is 8.00. The molecule has 1 N–H and O–H groups in total. The van der Waals surface area contributed by atoms with Crippen LogP contribution in [0, 0.1) is 6.92 Å². The molecular weight excluding hydrogens is 434 g/mol. The first-order chi connectivity index (χ1) is 15.5. The zero-order valence-electron chi connectivity index (χ0n) is 18.8. The molecule has 32 heavy (non-hydrogen) atoms. The summed E-state index contributed by atoms with van der Waals surface area (Å²) in [5.74, 6) is 0.341. The lowest BCUT2D eigenvalue weighted by molar-refractivity contribution is -0.115. The molecule has 6 heteroatoms. The molecule has 1 atom stereocenters. The third-order valence-electron chi connectivity index (χ3n) is 5.45. The van der Waals surface area contributed by atoms with Crippen LogP contribution >= 0.6 is 23.1 Å². The summed E-state index contributed by atoms with van der Waals surface area (Å²) in [6.45, 7) is 8.44. The highest BCUT2D eigenvalue weighted by Crippen LogP contribution is 2.42. The number of rotatable bonds is 7. The SMILES string of the molecule is CCC(Sc1ncnc2sc(C)c(-c3ccccc3)c12)C(=O)Nc1ccccc1C(C)C. The Labute approximate surface area is 197 Å². The van der Waals surface area contributed by atoms with E-state index in [9.17, 15) is 4.79 Å².